The zero-order valence-electron chi connectivity index (χ0n) is 24.1. The average Bonchev–Trinajstić information content (AvgIpc) is 2.91. The molecule has 0 heterocycles. The summed E-state index contributed by atoms with van der Waals surface area (Å²) in [5.41, 5.74) is 2.61. The molecule has 0 bridgehead atoms. The Balaban J connectivity index is 1.93. The Morgan fingerprint density at radius 3 is 2.24 bits per heavy atom. The molecule has 0 saturated carbocycles. The van der Waals surface area contributed by atoms with Crippen molar-refractivity contribution in [3.05, 3.63) is 98.5 Å². The molecule has 0 aliphatic heterocycles. The maximum absolute atomic E-state index is 13.9. The standard InChI is InChI=1S/C31H36Cl3N3O4S/c1-21(2)35-31(39)29(18-23-10-6-5-7-11-23)36(20-24-15-16-25(32)19-27(24)34)30(38)14-9-17-37(42(4,40)41)28-13-8-12-26(33)22(28)3/h5-8,10-13,15-16,19,21,29H,9,14,17-18,20H2,1-4H3,(H,35,39)/t29-/m1/s1. The Morgan fingerprint density at radius 2 is 1.62 bits per heavy atom. The van der Waals surface area contributed by atoms with Crippen molar-refractivity contribution in [2.75, 3.05) is 17.1 Å². The van der Waals surface area contributed by atoms with E-state index in [1.807, 2.05) is 44.2 Å². The molecule has 3 aromatic rings. The molecule has 7 nitrogen and oxygen atoms in total. The summed E-state index contributed by atoms with van der Waals surface area (Å²) in [6.07, 6.45) is 1.62. The maximum atomic E-state index is 13.9. The van der Waals surface area contributed by atoms with Crippen LogP contribution in [0.4, 0.5) is 5.69 Å². The quantitative estimate of drug-likeness (QED) is 0.224. The van der Waals surface area contributed by atoms with Gasteiger partial charge in [0.1, 0.15) is 6.04 Å². The van der Waals surface area contributed by atoms with Crippen LogP contribution < -0.4 is 9.62 Å². The molecule has 0 unspecified atom stereocenters. The Hall–Kier alpha value is -2.78. The van der Waals surface area contributed by atoms with E-state index < -0.39 is 16.1 Å². The summed E-state index contributed by atoms with van der Waals surface area (Å²) in [7, 11) is -3.66. The maximum Gasteiger partial charge on any atom is 0.243 e. The van der Waals surface area contributed by atoms with Crippen molar-refractivity contribution in [1.29, 1.82) is 0 Å². The van der Waals surface area contributed by atoms with Crippen LogP contribution in [0, 0.1) is 6.92 Å². The molecule has 2 amide bonds. The highest BCUT2D eigenvalue weighted by atomic mass is 35.5. The Morgan fingerprint density at radius 1 is 0.929 bits per heavy atom. The Labute approximate surface area is 263 Å². The highest BCUT2D eigenvalue weighted by Crippen LogP contribution is 2.29. The van der Waals surface area contributed by atoms with E-state index in [-0.39, 0.29) is 50.2 Å². The third kappa shape index (κ3) is 9.36. The molecule has 42 heavy (non-hydrogen) atoms. The molecule has 0 aromatic heterocycles. The van der Waals surface area contributed by atoms with Crippen LogP contribution in [0.15, 0.2) is 66.7 Å². The number of carbonyl (C=O) groups excluding carboxylic acids is 2. The number of sulfonamides is 1. The van der Waals surface area contributed by atoms with Crippen molar-refractivity contribution in [2.45, 2.75) is 58.7 Å². The van der Waals surface area contributed by atoms with E-state index >= 15 is 0 Å². The molecule has 1 atom stereocenters. The number of nitrogens with one attached hydrogen (secondary N) is 1. The molecule has 0 aliphatic rings. The minimum Gasteiger partial charge on any atom is -0.352 e. The van der Waals surface area contributed by atoms with Crippen LogP contribution >= 0.6 is 34.8 Å². The molecule has 0 fully saturated rings. The topological polar surface area (TPSA) is 86.8 Å². The van der Waals surface area contributed by atoms with Gasteiger partial charge < -0.3 is 10.2 Å². The van der Waals surface area contributed by atoms with Gasteiger partial charge in [0.05, 0.1) is 11.9 Å². The van der Waals surface area contributed by atoms with Gasteiger partial charge in [0.15, 0.2) is 0 Å². The first-order valence-corrected chi connectivity index (χ1v) is 16.6. The molecule has 11 heteroatoms. The number of halogens is 3. The van der Waals surface area contributed by atoms with Crippen molar-refractivity contribution in [3.63, 3.8) is 0 Å². The molecule has 3 aromatic carbocycles. The molecule has 0 saturated heterocycles. The van der Waals surface area contributed by atoms with Gasteiger partial charge in [-0.3, -0.25) is 13.9 Å². The highest BCUT2D eigenvalue weighted by molar-refractivity contribution is 7.92. The highest BCUT2D eigenvalue weighted by Gasteiger charge is 2.31. The summed E-state index contributed by atoms with van der Waals surface area (Å²) >= 11 is 18.9. The number of hydrogen-bond acceptors (Lipinski definition) is 4. The number of benzene rings is 3. The fourth-order valence-electron chi connectivity index (χ4n) is 4.62. The van der Waals surface area contributed by atoms with Crippen LogP contribution in [-0.2, 0) is 32.6 Å². The predicted molar refractivity (Wildman–Crippen MR) is 172 cm³/mol. The predicted octanol–water partition coefficient (Wildman–Crippen LogP) is 6.67. The summed E-state index contributed by atoms with van der Waals surface area (Å²) in [5, 5.41) is 4.23. The van der Waals surface area contributed by atoms with E-state index in [2.05, 4.69) is 5.32 Å². The summed E-state index contributed by atoms with van der Waals surface area (Å²) in [5.74, 6) is -0.600. The summed E-state index contributed by atoms with van der Waals surface area (Å²) in [6, 6.07) is 18.6. The first-order valence-electron chi connectivity index (χ1n) is 13.6. The van der Waals surface area contributed by atoms with Crippen molar-refractivity contribution in [3.8, 4) is 0 Å². The van der Waals surface area contributed by atoms with Gasteiger partial charge in [-0.2, -0.15) is 0 Å². The smallest absolute Gasteiger partial charge is 0.243 e. The van der Waals surface area contributed by atoms with Gasteiger partial charge in [-0.1, -0.05) is 77.3 Å². The zero-order chi connectivity index (χ0) is 31.0. The van der Waals surface area contributed by atoms with Gasteiger partial charge >= 0.3 is 0 Å². The molecule has 0 aliphatic carbocycles. The SMILES string of the molecule is Cc1c(Cl)cccc1N(CCCC(=O)N(Cc1ccc(Cl)cc1Cl)[C@H](Cc1ccccc1)C(=O)NC(C)C)S(C)(=O)=O. The molecule has 3 rings (SSSR count). The van der Waals surface area contributed by atoms with E-state index in [1.165, 1.54) is 9.21 Å². The van der Waals surface area contributed by atoms with Crippen molar-refractivity contribution >= 4 is 62.3 Å². The molecule has 1 N–H and O–H groups in total. The van der Waals surface area contributed by atoms with E-state index in [4.69, 9.17) is 34.8 Å². The van der Waals surface area contributed by atoms with Gasteiger partial charge in [0, 0.05) is 47.0 Å². The monoisotopic (exact) mass is 651 g/mol. The largest absolute Gasteiger partial charge is 0.352 e. The van der Waals surface area contributed by atoms with E-state index in [0.717, 1.165) is 11.8 Å². The first-order chi connectivity index (χ1) is 19.8. The van der Waals surface area contributed by atoms with Crippen LogP contribution in [0.25, 0.3) is 0 Å². The minimum atomic E-state index is -3.66. The molecule has 226 valence electrons. The summed E-state index contributed by atoms with van der Waals surface area (Å²) in [6.45, 7) is 5.60. The van der Waals surface area contributed by atoms with E-state index in [0.29, 0.717) is 31.9 Å². The molecular weight excluding hydrogens is 617 g/mol. The minimum absolute atomic E-state index is 0.00289. The zero-order valence-corrected chi connectivity index (χ0v) is 27.2. The van der Waals surface area contributed by atoms with Crippen molar-refractivity contribution in [2.24, 2.45) is 0 Å². The molecule has 0 spiro atoms. The first kappa shape index (κ1) is 33.7. The molecular formula is C31H36Cl3N3O4S. The van der Waals surface area contributed by atoms with Crippen molar-refractivity contribution in [1.82, 2.24) is 10.2 Å². The average molecular weight is 653 g/mol. The van der Waals surface area contributed by atoms with Crippen LogP contribution in [-0.4, -0.2) is 50.0 Å². The van der Waals surface area contributed by atoms with Gasteiger partial charge in [0.25, 0.3) is 0 Å². The fraction of sp³-hybridized carbons (Fsp3) is 0.355. The summed E-state index contributed by atoms with van der Waals surface area (Å²) in [4.78, 5) is 29.0. The lowest BCUT2D eigenvalue weighted by atomic mass is 10.0. The lowest BCUT2D eigenvalue weighted by Crippen LogP contribution is -2.51. The van der Waals surface area contributed by atoms with Crippen LogP contribution in [0.1, 0.15) is 43.4 Å². The third-order valence-corrected chi connectivity index (χ3v) is 8.89. The number of carbonyl (C=O) groups is 2. The Bertz CT molecular complexity index is 1500. The fourth-order valence-corrected chi connectivity index (χ4v) is 6.27. The number of hydrogen-bond donors (Lipinski definition) is 1. The van der Waals surface area contributed by atoms with Gasteiger partial charge in [-0.15, -0.1) is 0 Å². The van der Waals surface area contributed by atoms with E-state index in [1.54, 1.807) is 43.3 Å². The Kier molecular flexibility index (Phi) is 12.1. The number of rotatable bonds is 13. The normalized spacial score (nSPS) is 12.2. The van der Waals surface area contributed by atoms with Gasteiger partial charge in [0.2, 0.25) is 21.8 Å². The van der Waals surface area contributed by atoms with Crippen LogP contribution in [0.3, 0.4) is 0 Å². The lowest BCUT2D eigenvalue weighted by molar-refractivity contribution is -0.141. The number of amides is 2. The lowest BCUT2D eigenvalue weighted by Gasteiger charge is -2.33. The van der Waals surface area contributed by atoms with E-state index in [9.17, 15) is 18.0 Å². The second-order valence-electron chi connectivity index (χ2n) is 10.4. The van der Waals surface area contributed by atoms with Crippen LogP contribution in [0.2, 0.25) is 15.1 Å². The third-order valence-electron chi connectivity index (χ3n) is 6.72. The van der Waals surface area contributed by atoms with Crippen LogP contribution in [0.5, 0.6) is 0 Å². The van der Waals surface area contributed by atoms with Gasteiger partial charge in [-0.25, -0.2) is 8.42 Å². The number of nitrogens with zero attached hydrogens (tertiary/aromatic N) is 2. The second kappa shape index (κ2) is 15.1. The van der Waals surface area contributed by atoms with Gasteiger partial charge in [-0.05, 0) is 68.1 Å². The summed E-state index contributed by atoms with van der Waals surface area (Å²) < 4.78 is 26.7. The number of anilines is 1. The van der Waals surface area contributed by atoms with Crippen molar-refractivity contribution < 1.29 is 18.0 Å². The second-order valence-corrected chi connectivity index (χ2v) is 13.6. The molecule has 0 radical (unpaired) electrons.